The fourth-order valence-electron chi connectivity index (χ4n) is 2.45. The predicted octanol–water partition coefficient (Wildman–Crippen LogP) is 3.80. The SMILES string of the molecule is COC(=O)c1cc(Br)cc(Br)c1N1C(=O)c2ccccc2C1=O. The minimum atomic E-state index is -0.640. The van der Waals surface area contributed by atoms with Crippen LogP contribution in [0.4, 0.5) is 5.69 Å². The number of fused-ring (bicyclic) bond motifs is 1. The molecule has 0 spiro atoms. The van der Waals surface area contributed by atoms with E-state index in [0.29, 0.717) is 20.1 Å². The van der Waals surface area contributed by atoms with E-state index in [1.165, 1.54) is 13.2 Å². The summed E-state index contributed by atoms with van der Waals surface area (Å²) in [5, 5.41) is 0. The summed E-state index contributed by atoms with van der Waals surface area (Å²) in [5.41, 5.74) is 0.903. The summed E-state index contributed by atoms with van der Waals surface area (Å²) in [6.07, 6.45) is 0. The third kappa shape index (κ3) is 2.49. The zero-order valence-electron chi connectivity index (χ0n) is 11.8. The Morgan fingerprint density at radius 1 is 1.04 bits per heavy atom. The number of methoxy groups -OCH3 is 1. The van der Waals surface area contributed by atoms with Crippen LogP contribution < -0.4 is 4.90 Å². The van der Waals surface area contributed by atoms with Gasteiger partial charge in [0.15, 0.2) is 0 Å². The number of halogens is 2. The fraction of sp³-hybridized carbons (Fsp3) is 0.0625. The molecule has 2 aromatic carbocycles. The summed E-state index contributed by atoms with van der Waals surface area (Å²) in [6.45, 7) is 0. The number of ether oxygens (including phenoxy) is 1. The van der Waals surface area contributed by atoms with E-state index in [2.05, 4.69) is 31.9 Å². The Kier molecular flexibility index (Phi) is 4.08. The molecule has 1 aliphatic heterocycles. The monoisotopic (exact) mass is 437 g/mol. The lowest BCUT2D eigenvalue weighted by molar-refractivity contribution is 0.0601. The number of carbonyl (C=O) groups is 3. The van der Waals surface area contributed by atoms with Gasteiger partial charge in [0.05, 0.1) is 29.5 Å². The topological polar surface area (TPSA) is 63.7 Å². The van der Waals surface area contributed by atoms with Gasteiger partial charge in [-0.15, -0.1) is 0 Å². The maximum Gasteiger partial charge on any atom is 0.340 e. The molecule has 3 rings (SSSR count). The normalized spacial score (nSPS) is 13.3. The van der Waals surface area contributed by atoms with Gasteiger partial charge in [-0.1, -0.05) is 28.1 Å². The van der Waals surface area contributed by atoms with Crippen LogP contribution in [0.25, 0.3) is 0 Å². The van der Waals surface area contributed by atoms with Crippen molar-refractivity contribution >= 4 is 55.3 Å². The summed E-state index contributed by atoms with van der Waals surface area (Å²) in [6, 6.07) is 9.71. The molecule has 5 nitrogen and oxygen atoms in total. The summed E-state index contributed by atoms with van der Waals surface area (Å²) < 4.78 is 5.81. The van der Waals surface area contributed by atoms with Crippen LogP contribution in [0.2, 0.25) is 0 Å². The summed E-state index contributed by atoms with van der Waals surface area (Å²) in [4.78, 5) is 38.3. The molecule has 1 aliphatic rings. The molecule has 0 saturated carbocycles. The maximum absolute atomic E-state index is 12.6. The van der Waals surface area contributed by atoms with E-state index in [1.807, 2.05) is 0 Å². The first kappa shape index (κ1) is 15.9. The minimum absolute atomic E-state index is 0.114. The Morgan fingerprint density at radius 2 is 1.61 bits per heavy atom. The van der Waals surface area contributed by atoms with E-state index >= 15 is 0 Å². The van der Waals surface area contributed by atoms with E-state index in [-0.39, 0.29) is 11.3 Å². The zero-order valence-corrected chi connectivity index (χ0v) is 15.0. The van der Waals surface area contributed by atoms with E-state index in [1.54, 1.807) is 30.3 Å². The van der Waals surface area contributed by atoms with Gasteiger partial charge in [-0.3, -0.25) is 9.59 Å². The van der Waals surface area contributed by atoms with Crippen molar-refractivity contribution in [2.45, 2.75) is 0 Å². The number of anilines is 1. The van der Waals surface area contributed by atoms with Crippen LogP contribution in [0, 0.1) is 0 Å². The van der Waals surface area contributed by atoms with Gasteiger partial charge < -0.3 is 4.74 Å². The van der Waals surface area contributed by atoms with Crippen LogP contribution in [0.1, 0.15) is 31.1 Å². The molecule has 0 saturated heterocycles. The van der Waals surface area contributed by atoms with Crippen LogP contribution in [-0.2, 0) is 4.74 Å². The molecule has 0 radical (unpaired) electrons. The molecule has 0 bridgehead atoms. The highest BCUT2D eigenvalue weighted by molar-refractivity contribution is 9.11. The largest absolute Gasteiger partial charge is 0.465 e. The lowest BCUT2D eigenvalue weighted by Crippen LogP contribution is -2.31. The van der Waals surface area contributed by atoms with Crippen LogP contribution in [0.5, 0.6) is 0 Å². The summed E-state index contributed by atoms with van der Waals surface area (Å²) in [7, 11) is 1.24. The first-order valence-corrected chi connectivity index (χ1v) is 8.09. The predicted molar refractivity (Wildman–Crippen MR) is 90.8 cm³/mol. The average molecular weight is 439 g/mol. The second kappa shape index (κ2) is 5.90. The second-order valence-corrected chi connectivity index (χ2v) is 6.54. The summed E-state index contributed by atoms with van der Waals surface area (Å²) >= 11 is 6.61. The highest BCUT2D eigenvalue weighted by Gasteiger charge is 2.39. The molecule has 0 aromatic heterocycles. The van der Waals surface area contributed by atoms with Crippen molar-refractivity contribution in [3.8, 4) is 0 Å². The number of carbonyl (C=O) groups excluding carboxylic acids is 3. The third-order valence-electron chi connectivity index (χ3n) is 3.45. The Balaban J connectivity index is 2.23. The van der Waals surface area contributed by atoms with E-state index in [4.69, 9.17) is 4.74 Å². The molecule has 0 unspecified atom stereocenters. The number of hydrogen-bond acceptors (Lipinski definition) is 4. The zero-order chi connectivity index (χ0) is 16.7. The number of hydrogen-bond donors (Lipinski definition) is 0. The Labute approximate surface area is 148 Å². The number of amides is 2. The lowest BCUT2D eigenvalue weighted by atomic mass is 10.1. The van der Waals surface area contributed by atoms with Crippen molar-refractivity contribution < 1.29 is 19.1 Å². The molecule has 116 valence electrons. The second-order valence-electron chi connectivity index (χ2n) is 4.77. The van der Waals surface area contributed by atoms with Gasteiger partial charge in [0, 0.05) is 8.95 Å². The smallest absolute Gasteiger partial charge is 0.340 e. The molecule has 0 atom stereocenters. The molecule has 2 aromatic rings. The Morgan fingerprint density at radius 3 is 2.13 bits per heavy atom. The number of benzene rings is 2. The maximum atomic E-state index is 12.6. The molecular weight excluding hydrogens is 430 g/mol. The number of esters is 1. The third-order valence-corrected chi connectivity index (χ3v) is 4.51. The fourth-order valence-corrected chi connectivity index (χ4v) is 3.85. The standard InChI is InChI=1S/C16H9Br2NO4/c1-23-16(22)11-6-8(17)7-12(18)13(11)19-14(20)9-4-2-3-5-10(9)15(19)21/h2-7H,1H3. The lowest BCUT2D eigenvalue weighted by Gasteiger charge is -2.19. The van der Waals surface area contributed by atoms with Crippen molar-refractivity contribution in [1.82, 2.24) is 0 Å². The first-order valence-electron chi connectivity index (χ1n) is 6.51. The molecule has 23 heavy (non-hydrogen) atoms. The van der Waals surface area contributed by atoms with Crippen LogP contribution in [0.15, 0.2) is 45.3 Å². The van der Waals surface area contributed by atoms with Crippen LogP contribution in [-0.4, -0.2) is 24.9 Å². The van der Waals surface area contributed by atoms with E-state index in [0.717, 1.165) is 4.90 Å². The van der Waals surface area contributed by atoms with E-state index < -0.39 is 17.8 Å². The van der Waals surface area contributed by atoms with Gasteiger partial charge in [0.2, 0.25) is 0 Å². The molecule has 0 fully saturated rings. The van der Waals surface area contributed by atoms with Crippen LogP contribution >= 0.6 is 31.9 Å². The van der Waals surface area contributed by atoms with Gasteiger partial charge in [0.1, 0.15) is 0 Å². The van der Waals surface area contributed by atoms with Gasteiger partial charge in [-0.25, -0.2) is 9.69 Å². The van der Waals surface area contributed by atoms with Crippen molar-refractivity contribution in [2.75, 3.05) is 12.0 Å². The molecular formula is C16H9Br2NO4. The molecule has 1 heterocycles. The van der Waals surface area contributed by atoms with Gasteiger partial charge in [-0.2, -0.15) is 0 Å². The quantitative estimate of drug-likeness (QED) is 0.528. The summed E-state index contributed by atoms with van der Waals surface area (Å²) in [5.74, 6) is -1.59. The minimum Gasteiger partial charge on any atom is -0.465 e. The molecule has 2 amide bonds. The molecule has 0 aliphatic carbocycles. The van der Waals surface area contributed by atoms with Crippen molar-refractivity contribution in [3.63, 3.8) is 0 Å². The highest BCUT2D eigenvalue weighted by Crippen LogP contribution is 2.38. The molecule has 7 heteroatoms. The van der Waals surface area contributed by atoms with E-state index in [9.17, 15) is 14.4 Å². The van der Waals surface area contributed by atoms with Gasteiger partial charge in [0.25, 0.3) is 11.8 Å². The number of rotatable bonds is 2. The highest BCUT2D eigenvalue weighted by atomic mass is 79.9. The van der Waals surface area contributed by atoms with Crippen molar-refractivity contribution in [2.24, 2.45) is 0 Å². The Hall–Kier alpha value is -1.99. The Bertz CT molecular complexity index is 828. The number of imide groups is 1. The molecule has 0 N–H and O–H groups in total. The van der Waals surface area contributed by atoms with Gasteiger partial charge >= 0.3 is 5.97 Å². The first-order chi connectivity index (χ1) is 11.0. The van der Waals surface area contributed by atoms with Crippen molar-refractivity contribution in [1.29, 1.82) is 0 Å². The number of nitrogens with zero attached hydrogens (tertiary/aromatic N) is 1. The van der Waals surface area contributed by atoms with Crippen molar-refractivity contribution in [3.05, 3.63) is 62.0 Å². The van der Waals surface area contributed by atoms with Crippen LogP contribution in [0.3, 0.4) is 0 Å². The average Bonchev–Trinajstić information content (AvgIpc) is 2.78. The van der Waals surface area contributed by atoms with Gasteiger partial charge in [-0.05, 0) is 40.2 Å².